The molecule has 9 nitrogen and oxygen atoms in total. The molecule has 0 unspecified atom stereocenters. The topological polar surface area (TPSA) is 119 Å². The molecule has 0 bridgehead atoms. The van der Waals surface area contributed by atoms with E-state index >= 15 is 0 Å². The van der Waals surface area contributed by atoms with Crippen LogP contribution in [0.15, 0.2) is 147 Å². The van der Waals surface area contributed by atoms with Crippen molar-refractivity contribution in [2.24, 2.45) is 0 Å². The van der Waals surface area contributed by atoms with Gasteiger partial charge in [-0.1, -0.05) is 113 Å². The van der Waals surface area contributed by atoms with E-state index in [4.69, 9.17) is 5.26 Å². The zero-order chi connectivity index (χ0) is 61.4. The molecule has 0 atom stereocenters. The van der Waals surface area contributed by atoms with Crippen LogP contribution in [0.3, 0.4) is 0 Å². The van der Waals surface area contributed by atoms with E-state index < -0.39 is 15.6 Å². The second-order valence-corrected chi connectivity index (χ2v) is 26.5. The maximum atomic E-state index is 9.87. The van der Waals surface area contributed by atoms with Crippen molar-refractivity contribution in [2.45, 2.75) is 118 Å². The van der Waals surface area contributed by atoms with Gasteiger partial charge in [-0.3, -0.25) is 29.9 Å². The number of imidazole rings is 1. The van der Waals surface area contributed by atoms with Crippen LogP contribution < -0.4 is 0 Å². The third kappa shape index (κ3) is 24.9. The van der Waals surface area contributed by atoms with E-state index in [2.05, 4.69) is 207 Å². The van der Waals surface area contributed by atoms with E-state index in [1.54, 1.807) is 6.07 Å². The monoisotopic (exact) mass is 1280 g/mol. The van der Waals surface area contributed by atoms with Crippen LogP contribution in [0.25, 0.3) is 55.6 Å². The summed E-state index contributed by atoms with van der Waals surface area (Å²) in [5, 5.41) is 9.46. The summed E-state index contributed by atoms with van der Waals surface area (Å²) >= 11 is 0. The maximum absolute atomic E-state index is 10.7. The van der Waals surface area contributed by atoms with Gasteiger partial charge in [0.05, 0.1) is 57.2 Å². The molecule has 0 N–H and O–H groups in total. The molecule has 0 aliphatic carbocycles. The van der Waals surface area contributed by atoms with Crippen LogP contribution in [-0.4, -0.2) is 39.5 Å². The molecule has 0 saturated heterocycles. The van der Waals surface area contributed by atoms with Crippen molar-refractivity contribution < 1.29 is 69.8 Å². The number of fused-ring (bicyclic) bond motifs is 6. The average Bonchev–Trinajstić information content (AvgIpc) is 3.36. The number of nitriles is 1. The Morgan fingerprint density at radius 2 is 0.695 bits per heavy atom. The van der Waals surface area contributed by atoms with Gasteiger partial charge < -0.3 is 4.57 Å². The first-order valence-corrected chi connectivity index (χ1v) is 29.0. The largest absolute Gasteiger partial charge is 2.00 e. The Bertz CT molecular complexity index is 3370. The van der Waals surface area contributed by atoms with Crippen LogP contribution in [0, 0.1) is 11.3 Å². The molecule has 444 valence electrons. The molecular formula is C58H65F12N9P2Ru. The van der Waals surface area contributed by atoms with Crippen LogP contribution in [0.5, 0.6) is 0 Å². The van der Waals surface area contributed by atoms with Gasteiger partial charge in [0.1, 0.15) is 0 Å². The van der Waals surface area contributed by atoms with Crippen molar-refractivity contribution in [3.63, 3.8) is 0 Å². The average molecular weight is 1280 g/mol. The standard InChI is InChI=1S/C20H14N4.2C18H24N2.C2H3N.2F6P.Ru/c1-2-6-14(7-3-1)12-24-13-23-19-15-8-4-10-21-17(15)18-16(20(19)24)9-5-11-22-18;2*1-17(2,3)13-7-9-19-15(11-13)16-12-14(8-10-20-16)18(4,5)6;1-2-3;2*1-7(2,3,4,5)6;/h1-11,13H,12H2;2*7-12H,1-6H3;1H3;;;/q;;;;2*-1;+2. The fourth-order valence-electron chi connectivity index (χ4n) is 7.48. The third-order valence-corrected chi connectivity index (χ3v) is 11.4. The zero-order valence-electron chi connectivity index (χ0n) is 47.4. The molecule has 0 spiro atoms. The van der Waals surface area contributed by atoms with Crippen molar-refractivity contribution in [2.75, 3.05) is 0 Å². The maximum Gasteiger partial charge on any atom is 2.00 e. The zero-order valence-corrected chi connectivity index (χ0v) is 50.9. The molecule has 0 aliphatic heterocycles. The van der Waals surface area contributed by atoms with E-state index in [0.29, 0.717) is 0 Å². The molecule has 82 heavy (non-hydrogen) atoms. The summed E-state index contributed by atoms with van der Waals surface area (Å²) in [5.41, 5.74) is 14.6. The minimum absolute atomic E-state index is 0. The van der Waals surface area contributed by atoms with E-state index in [-0.39, 0.29) is 41.1 Å². The summed E-state index contributed by atoms with van der Waals surface area (Å²) in [4.78, 5) is 31.7. The van der Waals surface area contributed by atoms with E-state index in [9.17, 15) is 50.4 Å². The van der Waals surface area contributed by atoms with Gasteiger partial charge in [-0.25, -0.2) is 4.98 Å². The number of rotatable bonds is 4. The molecule has 7 aromatic heterocycles. The fraction of sp³-hybridized carbons (Fsp3) is 0.310. The summed E-state index contributed by atoms with van der Waals surface area (Å²) < 4.78 is 121. The van der Waals surface area contributed by atoms with Crippen LogP contribution in [0.2, 0.25) is 0 Å². The minimum atomic E-state index is -10.7. The molecule has 0 fully saturated rings. The Kier molecular flexibility index (Phi) is 20.7. The summed E-state index contributed by atoms with van der Waals surface area (Å²) in [6.07, 6.45) is 13.0. The number of halogens is 12. The summed E-state index contributed by atoms with van der Waals surface area (Å²) in [7, 11) is -21.3. The van der Waals surface area contributed by atoms with Gasteiger partial charge in [0.2, 0.25) is 0 Å². The molecule has 24 heteroatoms. The molecule has 9 aromatic rings. The predicted octanol–water partition coefficient (Wildman–Crippen LogP) is 21.0. The van der Waals surface area contributed by atoms with Gasteiger partial charge in [0.15, 0.2) is 0 Å². The number of aromatic nitrogens is 8. The smallest absolute Gasteiger partial charge is 0.326 e. The number of pyridine rings is 6. The fourth-order valence-corrected chi connectivity index (χ4v) is 7.48. The van der Waals surface area contributed by atoms with E-state index in [1.807, 2.05) is 61.7 Å². The Morgan fingerprint density at radius 1 is 0.402 bits per heavy atom. The normalized spacial score (nSPS) is 13.5. The van der Waals surface area contributed by atoms with Gasteiger partial charge in [-0.05, 0) is 122 Å². The molecule has 0 amide bonds. The minimum Gasteiger partial charge on any atom is -0.326 e. The van der Waals surface area contributed by atoms with Crippen molar-refractivity contribution in [1.29, 1.82) is 5.26 Å². The van der Waals surface area contributed by atoms with Gasteiger partial charge >= 0.3 is 85.5 Å². The number of benzene rings is 2. The summed E-state index contributed by atoms with van der Waals surface area (Å²) in [5.74, 6) is 0. The van der Waals surface area contributed by atoms with Crippen LogP contribution in [-0.2, 0) is 47.7 Å². The van der Waals surface area contributed by atoms with Crippen molar-refractivity contribution in [1.82, 2.24) is 39.5 Å². The number of nitrogens with zero attached hydrogens (tertiary/aromatic N) is 9. The Morgan fingerprint density at radius 3 is 1.00 bits per heavy atom. The van der Waals surface area contributed by atoms with Gasteiger partial charge in [0, 0.05) is 61.4 Å². The Balaban J connectivity index is 0.000000283. The van der Waals surface area contributed by atoms with Gasteiger partial charge in [-0.15, -0.1) is 0 Å². The first kappa shape index (κ1) is 69.7. The molecule has 2 aromatic carbocycles. The number of hydrogen-bond acceptors (Lipinski definition) is 8. The Hall–Kier alpha value is -6.54. The molecule has 0 radical (unpaired) electrons. The van der Waals surface area contributed by atoms with E-state index in [1.165, 1.54) is 34.7 Å². The molecular weight excluding hydrogens is 1210 g/mol. The summed E-state index contributed by atoms with van der Waals surface area (Å²) in [6.45, 7) is 28.8. The van der Waals surface area contributed by atoms with Crippen LogP contribution in [0.4, 0.5) is 50.4 Å². The first-order valence-electron chi connectivity index (χ1n) is 24.9. The first-order chi connectivity index (χ1) is 36.6. The predicted molar refractivity (Wildman–Crippen MR) is 304 cm³/mol. The molecule has 7 heterocycles. The third-order valence-electron chi connectivity index (χ3n) is 11.4. The van der Waals surface area contributed by atoms with E-state index in [0.717, 1.165) is 62.2 Å². The second kappa shape index (κ2) is 24.4. The Labute approximate surface area is 482 Å². The van der Waals surface area contributed by atoms with Gasteiger partial charge in [-0.2, -0.15) is 5.26 Å². The SMILES string of the molecule is CC#N.CC(C)(C)c1ccnc(-c2cc(C(C)(C)C)ccn2)c1.CC(C)(C)c1ccnc(-c2cc(C(C)(C)C)ccn2)c1.F[P-](F)(F)(F)(F)F.F[P-](F)(F)(F)(F)F.[Ru+2].c1ccc(Cn2cnc3c4cccnc4c4ncccc4c32)cc1. The molecule has 0 saturated carbocycles. The molecule has 9 rings (SSSR count). The van der Waals surface area contributed by atoms with Crippen molar-refractivity contribution in [3.8, 4) is 28.8 Å². The molecule has 0 aliphatic rings. The van der Waals surface area contributed by atoms with Crippen molar-refractivity contribution >= 4 is 48.5 Å². The van der Waals surface area contributed by atoms with Gasteiger partial charge in [0.25, 0.3) is 0 Å². The van der Waals surface area contributed by atoms with Crippen molar-refractivity contribution in [3.05, 3.63) is 174 Å². The van der Waals surface area contributed by atoms with Crippen LogP contribution in [0.1, 0.15) is 118 Å². The summed E-state index contributed by atoms with van der Waals surface area (Å²) in [6, 6.07) is 37.2. The van der Waals surface area contributed by atoms with Crippen LogP contribution >= 0.6 is 15.6 Å². The quantitative estimate of drug-likeness (QED) is 0.0740. The number of hydrogen-bond donors (Lipinski definition) is 0. The second-order valence-electron chi connectivity index (χ2n) is 22.7.